The largest absolute Gasteiger partial charge is 0.475 e. The van der Waals surface area contributed by atoms with Crippen LogP contribution in [0.2, 0.25) is 0 Å². The standard InChI is InChI=1S/C9H5FO3/c10-6-3-1-2-5-4-13-8(7(5)6)9(11)12/h1-4H,(H,11,12). The molecule has 13 heavy (non-hydrogen) atoms. The molecule has 66 valence electrons. The van der Waals surface area contributed by atoms with E-state index in [0.29, 0.717) is 5.39 Å². The molecule has 0 aliphatic carbocycles. The third-order valence-electron chi connectivity index (χ3n) is 1.77. The van der Waals surface area contributed by atoms with Crippen LogP contribution in [-0.2, 0) is 0 Å². The summed E-state index contributed by atoms with van der Waals surface area (Å²) in [5.74, 6) is -2.20. The lowest BCUT2D eigenvalue weighted by atomic mass is 10.2. The van der Waals surface area contributed by atoms with E-state index in [1.807, 2.05) is 0 Å². The van der Waals surface area contributed by atoms with E-state index < -0.39 is 11.8 Å². The number of carboxylic acids is 1. The van der Waals surface area contributed by atoms with Gasteiger partial charge >= 0.3 is 5.97 Å². The van der Waals surface area contributed by atoms with Crippen LogP contribution in [0.3, 0.4) is 0 Å². The van der Waals surface area contributed by atoms with Gasteiger partial charge in [0.1, 0.15) is 5.82 Å². The molecular formula is C9H5FO3. The fraction of sp³-hybridized carbons (Fsp3) is 0. The number of halogens is 1. The Balaban J connectivity index is 2.86. The summed E-state index contributed by atoms with van der Waals surface area (Å²) in [6.45, 7) is 0. The highest BCUT2D eigenvalue weighted by atomic mass is 19.1. The van der Waals surface area contributed by atoms with Crippen molar-refractivity contribution in [2.24, 2.45) is 0 Å². The second kappa shape index (κ2) is 2.58. The molecule has 2 aromatic rings. The number of hydrogen-bond donors (Lipinski definition) is 1. The summed E-state index contributed by atoms with van der Waals surface area (Å²) in [5.41, 5.74) is 0. The smallest absolute Gasteiger partial charge is 0.372 e. The topological polar surface area (TPSA) is 50.4 Å². The van der Waals surface area contributed by atoms with E-state index in [2.05, 4.69) is 0 Å². The van der Waals surface area contributed by atoms with Crippen molar-refractivity contribution in [1.82, 2.24) is 0 Å². The van der Waals surface area contributed by atoms with E-state index in [1.54, 1.807) is 6.07 Å². The molecule has 0 unspecified atom stereocenters. The van der Waals surface area contributed by atoms with Crippen molar-refractivity contribution in [1.29, 1.82) is 0 Å². The van der Waals surface area contributed by atoms with Gasteiger partial charge in [-0.25, -0.2) is 9.18 Å². The van der Waals surface area contributed by atoms with Gasteiger partial charge in [-0.05, 0) is 6.07 Å². The van der Waals surface area contributed by atoms with Gasteiger partial charge in [-0.3, -0.25) is 0 Å². The minimum atomic E-state index is -1.26. The number of carbonyl (C=O) groups is 1. The minimum absolute atomic E-state index is 0.0231. The highest BCUT2D eigenvalue weighted by Gasteiger charge is 2.16. The number of furan rings is 1. The zero-order chi connectivity index (χ0) is 9.42. The van der Waals surface area contributed by atoms with E-state index in [1.165, 1.54) is 18.4 Å². The average Bonchev–Trinajstić information content (AvgIpc) is 2.49. The number of fused-ring (bicyclic) bond motifs is 1. The zero-order valence-electron chi connectivity index (χ0n) is 6.45. The molecule has 0 atom stereocenters. The molecule has 0 spiro atoms. The van der Waals surface area contributed by atoms with E-state index in [9.17, 15) is 9.18 Å². The van der Waals surface area contributed by atoms with Crippen LogP contribution in [-0.4, -0.2) is 11.1 Å². The maximum absolute atomic E-state index is 13.1. The summed E-state index contributed by atoms with van der Waals surface area (Å²) in [4.78, 5) is 10.6. The normalized spacial score (nSPS) is 10.5. The molecule has 1 aromatic carbocycles. The Morgan fingerprint density at radius 3 is 2.92 bits per heavy atom. The molecule has 1 aromatic heterocycles. The molecule has 0 aliphatic heterocycles. The average molecular weight is 180 g/mol. The van der Waals surface area contributed by atoms with Crippen LogP contribution in [0.15, 0.2) is 28.9 Å². The predicted molar refractivity (Wildman–Crippen MR) is 43.1 cm³/mol. The van der Waals surface area contributed by atoms with Crippen molar-refractivity contribution in [3.8, 4) is 0 Å². The van der Waals surface area contributed by atoms with Crippen molar-refractivity contribution in [2.75, 3.05) is 0 Å². The first-order valence-corrected chi connectivity index (χ1v) is 3.59. The lowest BCUT2D eigenvalue weighted by Gasteiger charge is -1.91. The summed E-state index contributed by atoms with van der Waals surface area (Å²) >= 11 is 0. The van der Waals surface area contributed by atoms with Gasteiger partial charge in [0, 0.05) is 5.39 Å². The third-order valence-corrected chi connectivity index (χ3v) is 1.77. The van der Waals surface area contributed by atoms with Gasteiger partial charge in [0.05, 0.1) is 11.6 Å². The second-order valence-corrected chi connectivity index (χ2v) is 2.57. The highest BCUT2D eigenvalue weighted by Crippen LogP contribution is 2.23. The van der Waals surface area contributed by atoms with Gasteiger partial charge in [-0.15, -0.1) is 0 Å². The van der Waals surface area contributed by atoms with Crippen LogP contribution in [0.25, 0.3) is 10.8 Å². The minimum Gasteiger partial charge on any atom is -0.475 e. The summed E-state index contributed by atoms with van der Waals surface area (Å²) in [6.07, 6.45) is 1.22. The number of aromatic carboxylic acids is 1. The molecule has 3 nitrogen and oxygen atoms in total. The monoisotopic (exact) mass is 180 g/mol. The first-order chi connectivity index (χ1) is 6.20. The first-order valence-electron chi connectivity index (χ1n) is 3.59. The Hall–Kier alpha value is -1.84. The molecule has 2 rings (SSSR count). The van der Waals surface area contributed by atoms with Crippen LogP contribution in [0.5, 0.6) is 0 Å². The quantitative estimate of drug-likeness (QED) is 0.732. The molecule has 1 N–H and O–H groups in total. The number of rotatable bonds is 1. The van der Waals surface area contributed by atoms with Crippen molar-refractivity contribution < 1.29 is 18.7 Å². The Bertz CT molecular complexity index is 473. The maximum atomic E-state index is 13.1. The Kier molecular flexibility index (Phi) is 1.55. The Morgan fingerprint density at radius 2 is 2.23 bits per heavy atom. The van der Waals surface area contributed by atoms with E-state index in [4.69, 9.17) is 9.52 Å². The summed E-state index contributed by atoms with van der Waals surface area (Å²) in [7, 11) is 0. The van der Waals surface area contributed by atoms with Crippen LogP contribution in [0, 0.1) is 5.82 Å². The van der Waals surface area contributed by atoms with Gasteiger partial charge in [0.25, 0.3) is 0 Å². The molecular weight excluding hydrogens is 175 g/mol. The molecule has 1 heterocycles. The number of hydrogen-bond acceptors (Lipinski definition) is 2. The van der Waals surface area contributed by atoms with Crippen LogP contribution in [0.1, 0.15) is 10.6 Å². The molecule has 0 bridgehead atoms. The molecule has 0 saturated carbocycles. The molecule has 0 saturated heterocycles. The highest BCUT2D eigenvalue weighted by molar-refractivity contribution is 6.01. The maximum Gasteiger partial charge on any atom is 0.372 e. The first kappa shape index (κ1) is 7.79. The fourth-order valence-corrected chi connectivity index (χ4v) is 1.22. The summed E-state index contributed by atoms with van der Waals surface area (Å²) < 4.78 is 17.8. The molecule has 0 radical (unpaired) electrons. The third kappa shape index (κ3) is 1.07. The number of benzene rings is 1. The lowest BCUT2D eigenvalue weighted by Crippen LogP contribution is -1.94. The van der Waals surface area contributed by atoms with Gasteiger partial charge < -0.3 is 9.52 Å². The SMILES string of the molecule is O=C(O)c1occ2cccc(F)c12. The van der Waals surface area contributed by atoms with Crippen LogP contribution >= 0.6 is 0 Å². The predicted octanol–water partition coefficient (Wildman–Crippen LogP) is 2.27. The Labute approximate surface area is 72.4 Å². The summed E-state index contributed by atoms with van der Waals surface area (Å²) in [6, 6.07) is 4.29. The van der Waals surface area contributed by atoms with Gasteiger partial charge in [-0.2, -0.15) is 0 Å². The lowest BCUT2D eigenvalue weighted by molar-refractivity contribution is 0.0665. The molecule has 0 amide bonds. The summed E-state index contributed by atoms with van der Waals surface area (Å²) in [5, 5.41) is 9.11. The van der Waals surface area contributed by atoms with Crippen LogP contribution < -0.4 is 0 Å². The molecule has 0 aliphatic rings. The van der Waals surface area contributed by atoms with Crippen molar-refractivity contribution in [3.63, 3.8) is 0 Å². The van der Waals surface area contributed by atoms with Crippen molar-refractivity contribution >= 4 is 16.7 Å². The van der Waals surface area contributed by atoms with E-state index >= 15 is 0 Å². The van der Waals surface area contributed by atoms with Crippen LogP contribution in [0.4, 0.5) is 4.39 Å². The second-order valence-electron chi connectivity index (χ2n) is 2.57. The molecule has 0 fully saturated rings. The van der Waals surface area contributed by atoms with Crippen molar-refractivity contribution in [2.45, 2.75) is 0 Å². The van der Waals surface area contributed by atoms with E-state index in [0.717, 1.165) is 0 Å². The zero-order valence-corrected chi connectivity index (χ0v) is 6.45. The van der Waals surface area contributed by atoms with Crippen molar-refractivity contribution in [3.05, 3.63) is 36.0 Å². The van der Waals surface area contributed by atoms with Gasteiger partial charge in [0.15, 0.2) is 0 Å². The number of carboxylic acid groups (broad SMARTS) is 1. The Morgan fingerprint density at radius 1 is 1.46 bits per heavy atom. The fourth-order valence-electron chi connectivity index (χ4n) is 1.22. The van der Waals surface area contributed by atoms with Gasteiger partial charge in [-0.1, -0.05) is 12.1 Å². The molecule has 4 heteroatoms. The van der Waals surface area contributed by atoms with E-state index in [-0.39, 0.29) is 11.1 Å². The van der Waals surface area contributed by atoms with Gasteiger partial charge in [0.2, 0.25) is 5.76 Å².